The molecule has 3 rings (SSSR count). The van der Waals surface area contributed by atoms with E-state index in [0.29, 0.717) is 19.1 Å². The molecule has 2 N–H and O–H groups in total. The van der Waals surface area contributed by atoms with Crippen LogP contribution in [0.1, 0.15) is 49.1 Å². The van der Waals surface area contributed by atoms with Crippen LogP contribution in [0.3, 0.4) is 0 Å². The van der Waals surface area contributed by atoms with Crippen molar-refractivity contribution in [3.05, 3.63) is 53.9 Å². The maximum atomic E-state index is 10.1. The number of nitrogens with one attached hydrogen (secondary N) is 1. The number of aliphatic hydroxyl groups is 1. The summed E-state index contributed by atoms with van der Waals surface area (Å²) in [5, 5.41) is 18.0. The summed E-state index contributed by atoms with van der Waals surface area (Å²) in [4.78, 5) is 0. The first-order valence-electron chi connectivity index (χ1n) is 7.80. The number of hydrogen-bond donors (Lipinski definition) is 2. The molecule has 1 fully saturated rings. The summed E-state index contributed by atoms with van der Waals surface area (Å²) in [5.74, 6) is 0. The molecule has 112 valence electrons. The van der Waals surface area contributed by atoms with Gasteiger partial charge in [0, 0.05) is 19.3 Å². The predicted molar refractivity (Wildman–Crippen MR) is 82.8 cm³/mol. The molecule has 4 heteroatoms. The lowest BCUT2D eigenvalue weighted by Gasteiger charge is -2.11. The Morgan fingerprint density at radius 2 is 1.95 bits per heavy atom. The topological polar surface area (TPSA) is 50.1 Å². The average molecular weight is 285 g/mol. The van der Waals surface area contributed by atoms with E-state index >= 15 is 0 Å². The van der Waals surface area contributed by atoms with Crippen molar-refractivity contribution in [2.24, 2.45) is 0 Å². The molecular weight excluding hydrogens is 262 g/mol. The third-order valence-corrected chi connectivity index (χ3v) is 4.19. The molecule has 1 aromatic carbocycles. The molecule has 1 aliphatic rings. The van der Waals surface area contributed by atoms with Gasteiger partial charge in [-0.3, -0.25) is 4.68 Å². The second-order valence-electron chi connectivity index (χ2n) is 5.78. The monoisotopic (exact) mass is 285 g/mol. The van der Waals surface area contributed by atoms with Crippen LogP contribution in [0.5, 0.6) is 0 Å². The van der Waals surface area contributed by atoms with Crippen molar-refractivity contribution in [3.63, 3.8) is 0 Å². The molecule has 2 aromatic rings. The number of benzene rings is 1. The minimum Gasteiger partial charge on any atom is -0.387 e. The Bertz CT molecular complexity index is 546. The number of hydrogen-bond acceptors (Lipinski definition) is 3. The largest absolute Gasteiger partial charge is 0.387 e. The molecule has 0 amide bonds. The van der Waals surface area contributed by atoms with Crippen molar-refractivity contribution < 1.29 is 5.11 Å². The minimum absolute atomic E-state index is 0.469. The zero-order chi connectivity index (χ0) is 14.5. The van der Waals surface area contributed by atoms with Crippen molar-refractivity contribution in [3.8, 4) is 0 Å². The van der Waals surface area contributed by atoms with Gasteiger partial charge in [0.15, 0.2) is 0 Å². The molecule has 0 radical (unpaired) electrons. The van der Waals surface area contributed by atoms with E-state index in [1.54, 1.807) is 0 Å². The highest BCUT2D eigenvalue weighted by Crippen LogP contribution is 2.28. The molecular formula is C17H23N3O. The van der Waals surface area contributed by atoms with Crippen molar-refractivity contribution in [2.75, 3.05) is 6.54 Å². The van der Waals surface area contributed by atoms with Crippen molar-refractivity contribution in [1.82, 2.24) is 15.1 Å². The van der Waals surface area contributed by atoms with Crippen LogP contribution in [0.2, 0.25) is 0 Å². The zero-order valence-electron chi connectivity index (χ0n) is 12.3. The highest BCUT2D eigenvalue weighted by Gasteiger charge is 2.17. The SMILES string of the molecule is OC(CNCc1ccn(C2CCCC2)n1)c1ccccc1. The van der Waals surface area contributed by atoms with E-state index in [2.05, 4.69) is 27.4 Å². The van der Waals surface area contributed by atoms with Gasteiger partial charge in [-0.25, -0.2) is 0 Å². The summed E-state index contributed by atoms with van der Waals surface area (Å²) in [7, 11) is 0. The van der Waals surface area contributed by atoms with E-state index in [-0.39, 0.29) is 0 Å². The zero-order valence-corrected chi connectivity index (χ0v) is 12.3. The quantitative estimate of drug-likeness (QED) is 0.858. The summed E-state index contributed by atoms with van der Waals surface area (Å²) in [6, 6.07) is 12.4. The molecule has 1 aromatic heterocycles. The lowest BCUT2D eigenvalue weighted by molar-refractivity contribution is 0.174. The fourth-order valence-electron chi connectivity index (χ4n) is 2.97. The summed E-state index contributed by atoms with van der Waals surface area (Å²) in [6.45, 7) is 1.24. The van der Waals surface area contributed by atoms with Crippen LogP contribution in [0.25, 0.3) is 0 Å². The fourth-order valence-corrected chi connectivity index (χ4v) is 2.97. The Hall–Kier alpha value is -1.65. The van der Waals surface area contributed by atoms with Crippen molar-refractivity contribution in [1.29, 1.82) is 0 Å². The summed E-state index contributed by atoms with van der Waals surface area (Å²) < 4.78 is 2.11. The van der Waals surface area contributed by atoms with Gasteiger partial charge < -0.3 is 10.4 Å². The molecule has 0 bridgehead atoms. The number of aromatic nitrogens is 2. The first-order chi connectivity index (χ1) is 10.3. The standard InChI is InChI=1S/C17H23N3O/c21-17(14-6-2-1-3-7-14)13-18-12-15-10-11-20(19-15)16-8-4-5-9-16/h1-3,6-7,10-11,16-18,21H,4-5,8-9,12-13H2. The van der Waals surface area contributed by atoms with Crippen LogP contribution < -0.4 is 5.32 Å². The van der Waals surface area contributed by atoms with Gasteiger partial charge >= 0.3 is 0 Å². The molecule has 1 atom stereocenters. The van der Waals surface area contributed by atoms with E-state index in [1.807, 2.05) is 30.3 Å². The van der Waals surface area contributed by atoms with Gasteiger partial charge in [-0.1, -0.05) is 43.2 Å². The highest BCUT2D eigenvalue weighted by atomic mass is 16.3. The van der Waals surface area contributed by atoms with Gasteiger partial charge in [0.1, 0.15) is 0 Å². The average Bonchev–Trinajstić information content (AvgIpc) is 3.19. The van der Waals surface area contributed by atoms with Crippen LogP contribution in [-0.4, -0.2) is 21.4 Å². The summed E-state index contributed by atoms with van der Waals surface area (Å²) >= 11 is 0. The van der Waals surface area contributed by atoms with Gasteiger partial charge in [-0.2, -0.15) is 5.10 Å². The van der Waals surface area contributed by atoms with Crippen LogP contribution in [0, 0.1) is 0 Å². The minimum atomic E-state index is -0.469. The van der Waals surface area contributed by atoms with E-state index < -0.39 is 6.10 Å². The lowest BCUT2D eigenvalue weighted by atomic mass is 10.1. The van der Waals surface area contributed by atoms with Crippen molar-refractivity contribution >= 4 is 0 Å². The second-order valence-corrected chi connectivity index (χ2v) is 5.78. The number of rotatable bonds is 6. The summed E-state index contributed by atoms with van der Waals surface area (Å²) in [5.41, 5.74) is 1.99. The van der Waals surface area contributed by atoms with Gasteiger partial charge in [-0.05, 0) is 24.5 Å². The molecule has 0 saturated heterocycles. The molecule has 21 heavy (non-hydrogen) atoms. The van der Waals surface area contributed by atoms with E-state index in [9.17, 15) is 5.11 Å². The van der Waals surface area contributed by atoms with Gasteiger partial charge in [0.25, 0.3) is 0 Å². The maximum Gasteiger partial charge on any atom is 0.0914 e. The smallest absolute Gasteiger partial charge is 0.0914 e. The van der Waals surface area contributed by atoms with E-state index in [4.69, 9.17) is 0 Å². The Kier molecular flexibility index (Phi) is 4.68. The van der Waals surface area contributed by atoms with E-state index in [1.165, 1.54) is 25.7 Å². The molecule has 4 nitrogen and oxygen atoms in total. The Morgan fingerprint density at radius 1 is 1.19 bits per heavy atom. The van der Waals surface area contributed by atoms with Crippen LogP contribution in [0.4, 0.5) is 0 Å². The molecule has 0 spiro atoms. The van der Waals surface area contributed by atoms with Crippen molar-refractivity contribution in [2.45, 2.75) is 44.4 Å². The van der Waals surface area contributed by atoms with Crippen LogP contribution in [0.15, 0.2) is 42.6 Å². The van der Waals surface area contributed by atoms with Gasteiger partial charge in [-0.15, -0.1) is 0 Å². The fraction of sp³-hybridized carbons (Fsp3) is 0.471. The van der Waals surface area contributed by atoms with Gasteiger partial charge in [0.2, 0.25) is 0 Å². The molecule has 1 aliphatic carbocycles. The summed E-state index contributed by atoms with van der Waals surface area (Å²) in [6.07, 6.45) is 6.76. The third kappa shape index (κ3) is 3.71. The van der Waals surface area contributed by atoms with Crippen LogP contribution in [-0.2, 0) is 6.54 Å². The van der Waals surface area contributed by atoms with E-state index in [0.717, 1.165) is 11.3 Å². The van der Waals surface area contributed by atoms with Crippen LogP contribution >= 0.6 is 0 Å². The normalized spacial score (nSPS) is 17.2. The van der Waals surface area contributed by atoms with Gasteiger partial charge in [0.05, 0.1) is 17.8 Å². The maximum absolute atomic E-state index is 10.1. The second kappa shape index (κ2) is 6.87. The Labute approximate surface area is 125 Å². The first kappa shape index (κ1) is 14.3. The number of aliphatic hydroxyl groups excluding tert-OH is 1. The Morgan fingerprint density at radius 3 is 2.71 bits per heavy atom. The highest BCUT2D eigenvalue weighted by molar-refractivity contribution is 5.17. The Balaban J connectivity index is 1.47. The third-order valence-electron chi connectivity index (χ3n) is 4.19. The molecule has 0 aliphatic heterocycles. The molecule has 1 heterocycles. The predicted octanol–water partition coefficient (Wildman–Crippen LogP) is 2.82. The lowest BCUT2D eigenvalue weighted by Crippen LogP contribution is -2.21. The molecule has 1 saturated carbocycles. The first-order valence-corrected chi connectivity index (χ1v) is 7.80. The number of nitrogens with zero attached hydrogens (tertiary/aromatic N) is 2. The molecule has 1 unspecified atom stereocenters.